The number of aromatic hydroxyl groups is 1. The van der Waals surface area contributed by atoms with Gasteiger partial charge in [-0.3, -0.25) is 10.1 Å². The Morgan fingerprint density at radius 1 is 1.31 bits per heavy atom. The second-order valence-electron chi connectivity index (χ2n) is 7.04. The molecule has 0 aliphatic carbocycles. The molecule has 0 saturated heterocycles. The van der Waals surface area contributed by atoms with Gasteiger partial charge in [-0.05, 0) is 38.3 Å². The zero-order valence-corrected chi connectivity index (χ0v) is 16.9. The van der Waals surface area contributed by atoms with Crippen LogP contribution in [0.25, 0.3) is 0 Å². The number of carbonyl (C=O) groups excluding carboxylic acids is 2. The van der Waals surface area contributed by atoms with E-state index < -0.39 is 40.5 Å². The normalized spacial score (nSPS) is 16.5. The molecule has 2 rings (SSSR count). The van der Waals surface area contributed by atoms with Gasteiger partial charge in [0.05, 0.1) is 29.2 Å². The molecule has 0 aromatic heterocycles. The fourth-order valence-electron chi connectivity index (χ4n) is 2.98. The van der Waals surface area contributed by atoms with Crippen molar-refractivity contribution >= 4 is 17.7 Å². The summed E-state index contributed by atoms with van der Waals surface area (Å²) >= 11 is 0. The predicted octanol–water partition coefficient (Wildman–Crippen LogP) is 2.91. The highest BCUT2D eigenvalue weighted by molar-refractivity contribution is 5.95. The van der Waals surface area contributed by atoms with Gasteiger partial charge in [-0.1, -0.05) is 13.8 Å². The molecule has 158 valence electrons. The Morgan fingerprint density at radius 2 is 1.97 bits per heavy atom. The van der Waals surface area contributed by atoms with Crippen LogP contribution in [0.3, 0.4) is 0 Å². The van der Waals surface area contributed by atoms with Gasteiger partial charge in [-0.15, -0.1) is 0 Å². The number of nitro groups is 1. The molecule has 1 heterocycles. The van der Waals surface area contributed by atoms with Crippen LogP contribution in [0, 0.1) is 16.0 Å². The first-order valence-corrected chi connectivity index (χ1v) is 9.23. The number of amides is 2. The maximum absolute atomic E-state index is 12.8. The van der Waals surface area contributed by atoms with Crippen molar-refractivity contribution in [3.63, 3.8) is 0 Å². The summed E-state index contributed by atoms with van der Waals surface area (Å²) in [4.78, 5) is 35.7. The lowest BCUT2D eigenvalue weighted by Crippen LogP contribution is -2.47. The number of nitrogens with zero attached hydrogens (tertiary/aromatic N) is 1. The average molecular weight is 407 g/mol. The minimum atomic E-state index is -1.02. The molecule has 1 aliphatic rings. The molecular formula is C19H25N3O7. The Bertz CT molecular complexity index is 862. The number of carbonyl (C=O) groups is 2. The van der Waals surface area contributed by atoms with Gasteiger partial charge >= 0.3 is 17.7 Å². The number of hydrogen-bond acceptors (Lipinski definition) is 7. The SMILES string of the molecule is CCOc1cc(C2NC(=O)NC(C(C)C)=C2C(=O)OC(C)C)cc([N+](=O)[O-])c1O. The number of phenolic OH excluding ortho intramolecular Hbond substituents is 1. The largest absolute Gasteiger partial charge is 0.500 e. The van der Waals surface area contributed by atoms with Gasteiger partial charge in [0.25, 0.3) is 0 Å². The molecule has 0 radical (unpaired) electrons. The van der Waals surface area contributed by atoms with Gasteiger partial charge in [-0.2, -0.15) is 0 Å². The fraction of sp³-hybridized carbons (Fsp3) is 0.474. The number of rotatable bonds is 7. The highest BCUT2D eigenvalue weighted by atomic mass is 16.6. The summed E-state index contributed by atoms with van der Waals surface area (Å²) in [5.74, 6) is -1.63. The van der Waals surface area contributed by atoms with Crippen LogP contribution in [-0.4, -0.2) is 34.7 Å². The van der Waals surface area contributed by atoms with Crippen LogP contribution in [0.2, 0.25) is 0 Å². The number of ether oxygens (including phenoxy) is 2. The number of esters is 1. The van der Waals surface area contributed by atoms with Crippen molar-refractivity contribution in [1.82, 2.24) is 10.6 Å². The monoisotopic (exact) mass is 407 g/mol. The molecule has 10 heteroatoms. The zero-order valence-electron chi connectivity index (χ0n) is 16.9. The van der Waals surface area contributed by atoms with E-state index in [0.29, 0.717) is 5.70 Å². The van der Waals surface area contributed by atoms with Crippen molar-refractivity contribution in [2.75, 3.05) is 6.61 Å². The molecule has 3 N–H and O–H groups in total. The summed E-state index contributed by atoms with van der Waals surface area (Å²) in [5.41, 5.74) is 0.108. The predicted molar refractivity (Wildman–Crippen MR) is 103 cm³/mol. The van der Waals surface area contributed by atoms with Crippen LogP contribution >= 0.6 is 0 Å². The quantitative estimate of drug-likeness (QED) is 0.358. The molecule has 1 unspecified atom stereocenters. The Hall–Kier alpha value is -3.30. The van der Waals surface area contributed by atoms with Crippen LogP contribution in [0.5, 0.6) is 11.5 Å². The molecule has 0 fully saturated rings. The van der Waals surface area contributed by atoms with E-state index in [0.717, 1.165) is 6.07 Å². The first kappa shape index (κ1) is 22.0. The fourth-order valence-corrected chi connectivity index (χ4v) is 2.98. The van der Waals surface area contributed by atoms with Crippen LogP contribution in [0.15, 0.2) is 23.4 Å². The lowest BCUT2D eigenvalue weighted by molar-refractivity contribution is -0.386. The topological polar surface area (TPSA) is 140 Å². The lowest BCUT2D eigenvalue weighted by Gasteiger charge is -2.31. The summed E-state index contributed by atoms with van der Waals surface area (Å²) in [6, 6.07) is 0.886. The summed E-state index contributed by atoms with van der Waals surface area (Å²) < 4.78 is 10.6. The van der Waals surface area contributed by atoms with E-state index >= 15 is 0 Å². The maximum atomic E-state index is 12.8. The van der Waals surface area contributed by atoms with Crippen molar-refractivity contribution in [2.45, 2.75) is 46.8 Å². The van der Waals surface area contributed by atoms with E-state index in [4.69, 9.17) is 9.47 Å². The van der Waals surface area contributed by atoms with E-state index in [9.17, 15) is 24.8 Å². The molecule has 2 amide bonds. The number of urea groups is 1. The number of benzene rings is 1. The number of hydrogen-bond donors (Lipinski definition) is 3. The Morgan fingerprint density at radius 3 is 2.48 bits per heavy atom. The van der Waals surface area contributed by atoms with E-state index in [2.05, 4.69) is 10.6 Å². The van der Waals surface area contributed by atoms with Gasteiger partial charge in [0.1, 0.15) is 0 Å². The van der Waals surface area contributed by atoms with Crippen molar-refractivity contribution in [3.05, 3.63) is 39.1 Å². The van der Waals surface area contributed by atoms with E-state index in [1.54, 1.807) is 34.6 Å². The Kier molecular flexibility index (Phi) is 6.68. The van der Waals surface area contributed by atoms with Gasteiger partial charge < -0.3 is 25.2 Å². The highest BCUT2D eigenvalue weighted by Gasteiger charge is 2.36. The van der Waals surface area contributed by atoms with E-state index in [1.165, 1.54) is 6.07 Å². The standard InChI is InChI=1S/C19H25N3O7/c1-6-28-13-8-11(7-12(17(13)23)22(26)27)16-14(18(24)29-10(4)5)15(9(2)3)20-19(25)21-16/h7-10,16,23H,6H2,1-5H3,(H2,20,21,25). The van der Waals surface area contributed by atoms with Crippen molar-refractivity contribution in [3.8, 4) is 11.5 Å². The average Bonchev–Trinajstić information content (AvgIpc) is 2.61. The summed E-state index contributed by atoms with van der Waals surface area (Å²) in [5, 5.41) is 26.8. The van der Waals surface area contributed by atoms with Gasteiger partial charge in [0.15, 0.2) is 5.75 Å². The Balaban J connectivity index is 2.71. The first-order chi connectivity index (χ1) is 13.6. The Labute approximate surface area is 168 Å². The van der Waals surface area contributed by atoms with E-state index in [-0.39, 0.29) is 29.4 Å². The first-order valence-electron chi connectivity index (χ1n) is 9.23. The molecule has 1 aliphatic heterocycles. The zero-order chi connectivity index (χ0) is 21.9. The molecule has 0 bridgehead atoms. The van der Waals surface area contributed by atoms with Crippen molar-refractivity contribution < 1.29 is 29.1 Å². The third-order valence-electron chi connectivity index (χ3n) is 4.15. The lowest BCUT2D eigenvalue weighted by atomic mass is 9.91. The molecular weight excluding hydrogens is 382 g/mol. The second kappa shape index (κ2) is 8.80. The minimum absolute atomic E-state index is 0.118. The number of allylic oxidation sites excluding steroid dienone is 1. The van der Waals surface area contributed by atoms with Crippen LogP contribution in [-0.2, 0) is 9.53 Å². The molecule has 1 atom stereocenters. The smallest absolute Gasteiger partial charge is 0.338 e. The summed E-state index contributed by atoms with van der Waals surface area (Å²) in [6.45, 7) is 8.79. The van der Waals surface area contributed by atoms with Gasteiger partial charge in [0.2, 0.25) is 5.75 Å². The molecule has 1 aromatic rings. The van der Waals surface area contributed by atoms with Crippen LogP contribution in [0.4, 0.5) is 10.5 Å². The number of nitrogens with one attached hydrogen (secondary N) is 2. The maximum Gasteiger partial charge on any atom is 0.338 e. The number of nitro benzene ring substituents is 1. The molecule has 10 nitrogen and oxygen atoms in total. The third kappa shape index (κ3) is 4.76. The van der Waals surface area contributed by atoms with Gasteiger partial charge in [-0.25, -0.2) is 9.59 Å². The summed E-state index contributed by atoms with van der Waals surface area (Å²) in [7, 11) is 0. The minimum Gasteiger partial charge on any atom is -0.500 e. The van der Waals surface area contributed by atoms with Crippen molar-refractivity contribution in [1.29, 1.82) is 0 Å². The second-order valence-corrected chi connectivity index (χ2v) is 7.04. The van der Waals surface area contributed by atoms with Crippen LogP contribution < -0.4 is 15.4 Å². The van der Waals surface area contributed by atoms with Crippen molar-refractivity contribution in [2.24, 2.45) is 5.92 Å². The molecule has 0 saturated carbocycles. The molecule has 0 spiro atoms. The van der Waals surface area contributed by atoms with E-state index in [1.807, 2.05) is 0 Å². The number of phenols is 1. The summed E-state index contributed by atoms with van der Waals surface area (Å²) in [6.07, 6.45) is -0.408. The molecule has 29 heavy (non-hydrogen) atoms. The third-order valence-corrected chi connectivity index (χ3v) is 4.15. The highest BCUT2D eigenvalue weighted by Crippen LogP contribution is 2.41. The molecule has 1 aromatic carbocycles. The van der Waals surface area contributed by atoms with Gasteiger partial charge in [0, 0.05) is 11.8 Å². The van der Waals surface area contributed by atoms with Crippen LogP contribution in [0.1, 0.15) is 46.2 Å².